The van der Waals surface area contributed by atoms with E-state index in [0.717, 1.165) is 29.4 Å². The SMILES string of the molecule is CC.COCCOCCOc1ccc(C(=NC[C@H]2SCCN2C)SC)c(O)c1. The number of benzene rings is 1. The summed E-state index contributed by atoms with van der Waals surface area (Å²) in [7, 11) is 3.77. The van der Waals surface area contributed by atoms with Crippen molar-refractivity contribution in [1.82, 2.24) is 4.90 Å². The first kappa shape index (κ1) is 25.1. The van der Waals surface area contributed by atoms with E-state index in [9.17, 15) is 5.11 Å². The molecule has 6 nitrogen and oxygen atoms in total. The fourth-order valence-electron chi connectivity index (χ4n) is 2.46. The van der Waals surface area contributed by atoms with Gasteiger partial charge >= 0.3 is 0 Å². The number of ether oxygens (including phenoxy) is 3. The Balaban J connectivity index is 0.00000190. The normalized spacial score (nSPS) is 17.3. The number of phenolic OH excluding ortho intramolecular Hbond substituents is 1. The topological polar surface area (TPSA) is 63.5 Å². The second-order valence-corrected chi connectivity index (χ2v) is 7.87. The fourth-order valence-corrected chi connectivity index (χ4v) is 4.26. The lowest BCUT2D eigenvalue weighted by Gasteiger charge is -2.16. The Morgan fingerprint density at radius 3 is 2.64 bits per heavy atom. The van der Waals surface area contributed by atoms with Crippen molar-refractivity contribution in [2.24, 2.45) is 4.99 Å². The largest absolute Gasteiger partial charge is 0.507 e. The number of phenols is 1. The molecule has 8 heteroatoms. The summed E-state index contributed by atoms with van der Waals surface area (Å²) >= 11 is 3.47. The van der Waals surface area contributed by atoms with Crippen LogP contribution in [0.25, 0.3) is 0 Å². The van der Waals surface area contributed by atoms with Crippen LogP contribution in [0.15, 0.2) is 23.2 Å². The van der Waals surface area contributed by atoms with Crippen molar-refractivity contribution in [1.29, 1.82) is 0 Å². The zero-order valence-electron chi connectivity index (χ0n) is 17.6. The summed E-state index contributed by atoms with van der Waals surface area (Å²) in [5.41, 5.74) is 0.742. The minimum Gasteiger partial charge on any atom is -0.507 e. The third kappa shape index (κ3) is 8.61. The molecule has 1 heterocycles. The van der Waals surface area contributed by atoms with Crippen molar-refractivity contribution in [3.8, 4) is 11.5 Å². The molecule has 0 radical (unpaired) electrons. The molecule has 0 bridgehead atoms. The number of hydrogen-bond acceptors (Lipinski definition) is 8. The highest BCUT2D eigenvalue weighted by Gasteiger charge is 2.21. The van der Waals surface area contributed by atoms with Gasteiger partial charge in [0.05, 0.1) is 31.7 Å². The van der Waals surface area contributed by atoms with E-state index in [-0.39, 0.29) is 5.75 Å². The molecule has 0 amide bonds. The van der Waals surface area contributed by atoms with E-state index in [1.807, 2.05) is 44.0 Å². The summed E-state index contributed by atoms with van der Waals surface area (Å²) in [5, 5.41) is 11.6. The predicted molar refractivity (Wildman–Crippen MR) is 121 cm³/mol. The Hall–Kier alpha value is -0.930. The monoisotopic (exact) mass is 430 g/mol. The maximum Gasteiger partial charge on any atom is 0.129 e. The van der Waals surface area contributed by atoms with Crippen LogP contribution in [0.4, 0.5) is 0 Å². The average Bonchev–Trinajstić information content (AvgIpc) is 3.12. The molecule has 0 aliphatic carbocycles. The first-order valence-electron chi connectivity index (χ1n) is 9.59. The van der Waals surface area contributed by atoms with Gasteiger partial charge < -0.3 is 19.3 Å². The van der Waals surface area contributed by atoms with Crippen LogP contribution < -0.4 is 4.74 Å². The standard InChI is InChI=1S/C18H28N2O4S2.C2H6/c1-20-6-11-26-17(20)13-19-18(25-3)15-5-4-14(12-16(15)21)24-10-9-23-8-7-22-2;1-2/h4-5,12,17,21H,6-11,13H2,1-3H3;1-2H3/t17-;/m1./s1. The average molecular weight is 431 g/mol. The van der Waals surface area contributed by atoms with E-state index in [2.05, 4.69) is 11.9 Å². The molecule has 0 spiro atoms. The number of likely N-dealkylation sites (N-methyl/N-ethyl adjacent to an activating group) is 1. The molecule has 1 aromatic rings. The lowest BCUT2D eigenvalue weighted by Crippen LogP contribution is -2.26. The zero-order chi connectivity index (χ0) is 20.8. The molecule has 1 atom stereocenters. The second kappa shape index (κ2) is 15.0. The van der Waals surface area contributed by atoms with Gasteiger partial charge in [-0.15, -0.1) is 23.5 Å². The summed E-state index contributed by atoms with van der Waals surface area (Å²) in [6.07, 6.45) is 1.98. The van der Waals surface area contributed by atoms with Crippen LogP contribution in [0.2, 0.25) is 0 Å². The zero-order valence-corrected chi connectivity index (χ0v) is 19.3. The van der Waals surface area contributed by atoms with E-state index in [1.165, 1.54) is 0 Å². The van der Waals surface area contributed by atoms with E-state index in [1.54, 1.807) is 24.9 Å². The van der Waals surface area contributed by atoms with Crippen LogP contribution in [-0.2, 0) is 9.47 Å². The van der Waals surface area contributed by atoms with Gasteiger partial charge in [-0.3, -0.25) is 9.89 Å². The van der Waals surface area contributed by atoms with Crippen LogP contribution >= 0.6 is 23.5 Å². The highest BCUT2D eigenvalue weighted by Crippen LogP contribution is 2.28. The Morgan fingerprint density at radius 2 is 2.04 bits per heavy atom. The van der Waals surface area contributed by atoms with Gasteiger partial charge in [-0.1, -0.05) is 13.8 Å². The van der Waals surface area contributed by atoms with Crippen molar-refractivity contribution in [2.75, 3.05) is 65.7 Å². The molecule has 1 N–H and O–H groups in total. The van der Waals surface area contributed by atoms with Gasteiger partial charge in [0.2, 0.25) is 0 Å². The van der Waals surface area contributed by atoms with Gasteiger partial charge in [0, 0.05) is 31.0 Å². The van der Waals surface area contributed by atoms with Crippen molar-refractivity contribution in [3.63, 3.8) is 0 Å². The molecule has 2 rings (SSSR count). The number of nitrogens with zero attached hydrogens (tertiary/aromatic N) is 2. The number of aromatic hydroxyl groups is 1. The summed E-state index contributed by atoms with van der Waals surface area (Å²) in [6.45, 7) is 7.86. The van der Waals surface area contributed by atoms with E-state index < -0.39 is 0 Å². The number of rotatable bonds is 10. The molecule has 1 fully saturated rings. The van der Waals surface area contributed by atoms with Gasteiger partial charge in [-0.2, -0.15) is 0 Å². The molecular weight excluding hydrogens is 396 g/mol. The third-order valence-corrected chi connectivity index (χ3v) is 6.01. The Bertz CT molecular complexity index is 587. The number of aliphatic imine (C=N–C) groups is 1. The molecule has 160 valence electrons. The molecule has 1 saturated heterocycles. The maximum atomic E-state index is 10.4. The summed E-state index contributed by atoms with van der Waals surface area (Å²) in [5.74, 6) is 1.95. The van der Waals surface area contributed by atoms with Crippen LogP contribution in [0.5, 0.6) is 11.5 Å². The van der Waals surface area contributed by atoms with Crippen molar-refractivity contribution < 1.29 is 19.3 Å². The van der Waals surface area contributed by atoms with Crippen molar-refractivity contribution >= 4 is 28.6 Å². The quantitative estimate of drug-likeness (QED) is 0.346. The van der Waals surface area contributed by atoms with Crippen LogP contribution in [0.3, 0.4) is 0 Å². The van der Waals surface area contributed by atoms with Gasteiger partial charge in [-0.25, -0.2) is 0 Å². The Kier molecular flexibility index (Phi) is 13.4. The number of methoxy groups -OCH3 is 1. The Labute approximate surface area is 178 Å². The molecule has 0 unspecified atom stereocenters. The fraction of sp³-hybridized carbons (Fsp3) is 0.650. The first-order chi connectivity index (χ1) is 13.7. The van der Waals surface area contributed by atoms with Crippen LogP contribution in [0, 0.1) is 0 Å². The number of thioether (sulfide) groups is 2. The van der Waals surface area contributed by atoms with Gasteiger partial charge in [0.25, 0.3) is 0 Å². The minimum absolute atomic E-state index is 0.184. The van der Waals surface area contributed by atoms with Gasteiger partial charge in [0.15, 0.2) is 0 Å². The summed E-state index contributed by atoms with van der Waals surface area (Å²) in [4.78, 5) is 7.04. The highest BCUT2D eigenvalue weighted by molar-refractivity contribution is 8.13. The number of hydrogen-bond donors (Lipinski definition) is 1. The van der Waals surface area contributed by atoms with E-state index in [0.29, 0.717) is 37.6 Å². The van der Waals surface area contributed by atoms with Crippen LogP contribution in [-0.4, -0.2) is 86.1 Å². The van der Waals surface area contributed by atoms with E-state index in [4.69, 9.17) is 19.2 Å². The predicted octanol–water partition coefficient (Wildman–Crippen LogP) is 3.57. The Morgan fingerprint density at radius 1 is 1.29 bits per heavy atom. The lowest BCUT2D eigenvalue weighted by atomic mass is 10.2. The molecule has 1 aromatic carbocycles. The first-order valence-corrected chi connectivity index (χ1v) is 11.9. The molecule has 28 heavy (non-hydrogen) atoms. The molecular formula is C20H34N2O4S2. The van der Waals surface area contributed by atoms with Crippen molar-refractivity contribution in [3.05, 3.63) is 23.8 Å². The molecule has 0 saturated carbocycles. The maximum absolute atomic E-state index is 10.4. The van der Waals surface area contributed by atoms with Gasteiger partial charge in [-0.05, 0) is 25.4 Å². The smallest absolute Gasteiger partial charge is 0.129 e. The third-order valence-electron chi connectivity index (χ3n) is 3.96. The molecule has 1 aliphatic heterocycles. The lowest BCUT2D eigenvalue weighted by molar-refractivity contribution is 0.0544. The summed E-state index contributed by atoms with van der Waals surface area (Å²) < 4.78 is 15.9. The minimum atomic E-state index is 0.184. The van der Waals surface area contributed by atoms with Crippen LogP contribution in [0.1, 0.15) is 19.4 Å². The molecule has 0 aromatic heterocycles. The van der Waals surface area contributed by atoms with Crippen molar-refractivity contribution in [2.45, 2.75) is 19.2 Å². The summed E-state index contributed by atoms with van der Waals surface area (Å²) in [6, 6.07) is 5.34. The van der Waals surface area contributed by atoms with Gasteiger partial charge in [0.1, 0.15) is 23.1 Å². The highest BCUT2D eigenvalue weighted by atomic mass is 32.2. The molecule has 1 aliphatic rings. The van der Waals surface area contributed by atoms with E-state index >= 15 is 0 Å². The second-order valence-electron chi connectivity index (χ2n) is 5.79.